The lowest BCUT2D eigenvalue weighted by atomic mass is 10.0. The van der Waals surface area contributed by atoms with Crippen molar-refractivity contribution in [2.24, 2.45) is 11.5 Å². The van der Waals surface area contributed by atoms with Gasteiger partial charge >= 0.3 is 0 Å². The Bertz CT molecular complexity index is 172. The van der Waals surface area contributed by atoms with Crippen LogP contribution in [0.5, 0.6) is 0 Å². The molecule has 1 saturated heterocycles. The standard InChI is InChI=1S/C9H19N3O/c10-5-3-7-12-6-2-1-4-8(12)9(11)13/h8H,1-7,10H2,(H2,11,13)/t8-/m0/s1. The molecule has 1 fully saturated rings. The van der Waals surface area contributed by atoms with E-state index in [2.05, 4.69) is 4.90 Å². The molecular weight excluding hydrogens is 166 g/mol. The molecule has 4 N–H and O–H groups in total. The second-order valence-corrected chi connectivity index (χ2v) is 3.59. The van der Waals surface area contributed by atoms with Crippen LogP contribution in [-0.4, -0.2) is 36.5 Å². The summed E-state index contributed by atoms with van der Waals surface area (Å²) in [4.78, 5) is 13.2. The molecule has 4 nitrogen and oxygen atoms in total. The highest BCUT2D eigenvalue weighted by molar-refractivity contribution is 5.79. The maximum Gasteiger partial charge on any atom is 0.234 e. The van der Waals surface area contributed by atoms with Gasteiger partial charge in [-0.15, -0.1) is 0 Å². The van der Waals surface area contributed by atoms with Gasteiger partial charge in [0, 0.05) is 6.54 Å². The van der Waals surface area contributed by atoms with Crippen LogP contribution in [0, 0.1) is 0 Å². The average molecular weight is 185 g/mol. The fourth-order valence-electron chi connectivity index (χ4n) is 1.88. The molecule has 0 radical (unpaired) electrons. The molecule has 1 rings (SSSR count). The van der Waals surface area contributed by atoms with Crippen molar-refractivity contribution >= 4 is 5.91 Å². The summed E-state index contributed by atoms with van der Waals surface area (Å²) in [6.07, 6.45) is 4.16. The van der Waals surface area contributed by atoms with Crippen molar-refractivity contribution in [2.75, 3.05) is 19.6 Å². The van der Waals surface area contributed by atoms with Gasteiger partial charge in [-0.05, 0) is 32.4 Å². The normalized spacial score (nSPS) is 24.5. The van der Waals surface area contributed by atoms with Gasteiger partial charge in [0.05, 0.1) is 6.04 Å². The number of nitrogens with zero attached hydrogens (tertiary/aromatic N) is 1. The SMILES string of the molecule is NCCCN1CCCC[C@H]1C(N)=O. The third-order valence-electron chi connectivity index (χ3n) is 2.59. The van der Waals surface area contributed by atoms with Gasteiger partial charge in [0.1, 0.15) is 0 Å². The van der Waals surface area contributed by atoms with Gasteiger partial charge in [0.25, 0.3) is 0 Å². The van der Waals surface area contributed by atoms with E-state index < -0.39 is 0 Å². The van der Waals surface area contributed by atoms with E-state index in [0.717, 1.165) is 32.4 Å². The second-order valence-electron chi connectivity index (χ2n) is 3.59. The second kappa shape index (κ2) is 5.19. The number of hydrogen-bond donors (Lipinski definition) is 2. The molecule has 0 aromatic carbocycles. The van der Waals surface area contributed by atoms with Gasteiger partial charge in [0.2, 0.25) is 5.91 Å². The summed E-state index contributed by atoms with van der Waals surface area (Å²) >= 11 is 0. The lowest BCUT2D eigenvalue weighted by molar-refractivity contribution is -0.124. The van der Waals surface area contributed by atoms with Crippen LogP contribution in [0.1, 0.15) is 25.7 Å². The summed E-state index contributed by atoms with van der Waals surface area (Å²) in [5.41, 5.74) is 10.7. The van der Waals surface area contributed by atoms with E-state index in [9.17, 15) is 4.79 Å². The molecule has 1 aliphatic rings. The Labute approximate surface area is 79.3 Å². The lowest BCUT2D eigenvalue weighted by Gasteiger charge is -2.33. The largest absolute Gasteiger partial charge is 0.368 e. The van der Waals surface area contributed by atoms with Crippen LogP contribution in [0.25, 0.3) is 0 Å². The lowest BCUT2D eigenvalue weighted by Crippen LogP contribution is -2.48. The van der Waals surface area contributed by atoms with Crippen LogP contribution < -0.4 is 11.5 Å². The van der Waals surface area contributed by atoms with E-state index in [1.165, 1.54) is 6.42 Å². The van der Waals surface area contributed by atoms with E-state index in [1.807, 2.05) is 0 Å². The molecule has 0 aliphatic carbocycles. The highest BCUT2D eigenvalue weighted by Crippen LogP contribution is 2.16. The molecule has 0 unspecified atom stereocenters. The molecule has 1 atom stereocenters. The third kappa shape index (κ3) is 2.97. The van der Waals surface area contributed by atoms with E-state index >= 15 is 0 Å². The Morgan fingerprint density at radius 3 is 2.85 bits per heavy atom. The zero-order chi connectivity index (χ0) is 9.68. The topological polar surface area (TPSA) is 72.3 Å². The van der Waals surface area contributed by atoms with E-state index in [0.29, 0.717) is 6.54 Å². The summed E-state index contributed by atoms with van der Waals surface area (Å²) in [6.45, 7) is 2.58. The Hall–Kier alpha value is -0.610. The predicted molar refractivity (Wildman–Crippen MR) is 52.1 cm³/mol. The average Bonchev–Trinajstić information content (AvgIpc) is 2.15. The van der Waals surface area contributed by atoms with Gasteiger partial charge in [-0.1, -0.05) is 6.42 Å². The van der Waals surface area contributed by atoms with Gasteiger partial charge < -0.3 is 11.5 Å². The highest BCUT2D eigenvalue weighted by Gasteiger charge is 2.25. The molecule has 0 aromatic heterocycles. The van der Waals surface area contributed by atoms with Gasteiger partial charge in [-0.3, -0.25) is 9.69 Å². The molecule has 0 bridgehead atoms. The first-order valence-corrected chi connectivity index (χ1v) is 4.99. The maximum absolute atomic E-state index is 11.1. The molecule has 76 valence electrons. The summed E-state index contributed by atoms with van der Waals surface area (Å²) in [6, 6.07) is -0.0414. The summed E-state index contributed by atoms with van der Waals surface area (Å²) < 4.78 is 0. The molecule has 0 saturated carbocycles. The number of carbonyl (C=O) groups excluding carboxylic acids is 1. The van der Waals surface area contributed by atoms with Crippen molar-refractivity contribution in [1.82, 2.24) is 4.90 Å². The van der Waals surface area contributed by atoms with Crippen molar-refractivity contribution < 1.29 is 4.79 Å². The first-order chi connectivity index (χ1) is 6.25. The third-order valence-corrected chi connectivity index (χ3v) is 2.59. The van der Waals surface area contributed by atoms with Crippen LogP contribution in [-0.2, 0) is 4.79 Å². The van der Waals surface area contributed by atoms with Gasteiger partial charge in [0.15, 0.2) is 0 Å². The van der Waals surface area contributed by atoms with Crippen LogP contribution >= 0.6 is 0 Å². The molecule has 0 spiro atoms. The zero-order valence-corrected chi connectivity index (χ0v) is 8.04. The van der Waals surface area contributed by atoms with Gasteiger partial charge in [-0.2, -0.15) is 0 Å². The van der Waals surface area contributed by atoms with Crippen LogP contribution in [0.3, 0.4) is 0 Å². The van der Waals surface area contributed by atoms with Crippen LogP contribution in [0.2, 0.25) is 0 Å². The Balaban J connectivity index is 2.41. The van der Waals surface area contributed by atoms with Crippen molar-refractivity contribution in [3.8, 4) is 0 Å². The number of primary amides is 1. The molecule has 13 heavy (non-hydrogen) atoms. The van der Waals surface area contributed by atoms with E-state index in [1.54, 1.807) is 0 Å². The fraction of sp³-hybridized carbons (Fsp3) is 0.889. The summed E-state index contributed by atoms with van der Waals surface area (Å²) in [7, 11) is 0. The molecule has 1 heterocycles. The zero-order valence-electron chi connectivity index (χ0n) is 8.04. The van der Waals surface area contributed by atoms with Crippen LogP contribution in [0.4, 0.5) is 0 Å². The van der Waals surface area contributed by atoms with Gasteiger partial charge in [-0.25, -0.2) is 0 Å². The quantitative estimate of drug-likeness (QED) is 0.630. The Kier molecular flexibility index (Phi) is 4.18. The highest BCUT2D eigenvalue weighted by atomic mass is 16.1. The molecule has 4 heteroatoms. The predicted octanol–water partition coefficient (Wildman–Crippen LogP) is -0.325. The monoisotopic (exact) mass is 185 g/mol. The van der Waals surface area contributed by atoms with Crippen molar-refractivity contribution in [1.29, 1.82) is 0 Å². The molecular formula is C9H19N3O. The Morgan fingerprint density at radius 1 is 1.46 bits per heavy atom. The maximum atomic E-state index is 11.1. The smallest absolute Gasteiger partial charge is 0.234 e. The minimum Gasteiger partial charge on any atom is -0.368 e. The first kappa shape index (κ1) is 10.5. The fourth-order valence-corrected chi connectivity index (χ4v) is 1.88. The van der Waals surface area contributed by atoms with Crippen molar-refractivity contribution in [2.45, 2.75) is 31.7 Å². The number of carbonyl (C=O) groups is 1. The summed E-state index contributed by atoms with van der Waals surface area (Å²) in [5.74, 6) is -0.184. The molecule has 1 amide bonds. The number of amides is 1. The number of hydrogen-bond acceptors (Lipinski definition) is 3. The van der Waals surface area contributed by atoms with E-state index in [4.69, 9.17) is 11.5 Å². The van der Waals surface area contributed by atoms with E-state index in [-0.39, 0.29) is 11.9 Å². The van der Waals surface area contributed by atoms with Crippen molar-refractivity contribution in [3.05, 3.63) is 0 Å². The number of likely N-dealkylation sites (tertiary alicyclic amines) is 1. The summed E-state index contributed by atoms with van der Waals surface area (Å²) in [5, 5.41) is 0. The molecule has 0 aromatic rings. The minimum atomic E-state index is -0.184. The molecule has 1 aliphatic heterocycles. The Morgan fingerprint density at radius 2 is 2.23 bits per heavy atom. The first-order valence-electron chi connectivity index (χ1n) is 4.99. The minimum absolute atomic E-state index is 0.0414. The van der Waals surface area contributed by atoms with Crippen molar-refractivity contribution in [3.63, 3.8) is 0 Å². The number of rotatable bonds is 4. The number of piperidine rings is 1. The number of nitrogens with two attached hydrogens (primary N) is 2. The van der Waals surface area contributed by atoms with Crippen LogP contribution in [0.15, 0.2) is 0 Å².